The third-order valence-electron chi connectivity index (χ3n) is 3.54. The van der Waals surface area contributed by atoms with Crippen molar-refractivity contribution in [2.24, 2.45) is 0 Å². The van der Waals surface area contributed by atoms with Crippen molar-refractivity contribution in [3.63, 3.8) is 0 Å². The molecule has 2 aromatic carbocycles. The predicted octanol–water partition coefficient (Wildman–Crippen LogP) is 2.87. The second-order valence-electron chi connectivity index (χ2n) is 5.47. The van der Waals surface area contributed by atoms with Crippen LogP contribution in [-0.4, -0.2) is 33.9 Å². The number of ether oxygens (including phenoxy) is 3. The van der Waals surface area contributed by atoms with Gasteiger partial charge in [-0.1, -0.05) is 11.6 Å². The van der Waals surface area contributed by atoms with Crippen LogP contribution < -0.4 is 9.47 Å². The minimum absolute atomic E-state index is 0.00300. The summed E-state index contributed by atoms with van der Waals surface area (Å²) in [4.78, 5) is 12.2. The van der Waals surface area contributed by atoms with E-state index >= 15 is 0 Å². The second-order valence-corrected chi connectivity index (χ2v) is 7.90. The molecule has 0 bridgehead atoms. The molecule has 0 saturated carbocycles. The Bertz CT molecular complexity index is 905. The lowest BCUT2D eigenvalue weighted by molar-refractivity contribution is 0.0472. The van der Waals surface area contributed by atoms with Crippen molar-refractivity contribution >= 4 is 27.4 Å². The summed E-state index contributed by atoms with van der Waals surface area (Å²) in [5.74, 6) is 0.438. The highest BCUT2D eigenvalue weighted by Gasteiger charge is 2.17. The first-order valence-electron chi connectivity index (χ1n) is 7.40. The van der Waals surface area contributed by atoms with Crippen LogP contribution in [0.1, 0.15) is 15.9 Å². The molecule has 0 aromatic heterocycles. The average Bonchev–Trinajstić information content (AvgIpc) is 2.59. The fourth-order valence-electron chi connectivity index (χ4n) is 2.32. The SMILES string of the molecule is CS(=O)(=O)c1ccc(C(=O)OCc2cc(Cl)c3c(c2)OCCO3)cc1. The number of hydrogen-bond acceptors (Lipinski definition) is 6. The zero-order chi connectivity index (χ0) is 18.0. The Morgan fingerprint density at radius 1 is 1.16 bits per heavy atom. The molecule has 6 nitrogen and oxygen atoms in total. The number of benzene rings is 2. The fourth-order valence-corrected chi connectivity index (χ4v) is 3.24. The minimum Gasteiger partial charge on any atom is -0.486 e. The summed E-state index contributed by atoms with van der Waals surface area (Å²) in [6.07, 6.45) is 1.10. The van der Waals surface area contributed by atoms with Gasteiger partial charge < -0.3 is 14.2 Å². The van der Waals surface area contributed by atoms with E-state index < -0.39 is 15.8 Å². The molecule has 0 amide bonds. The van der Waals surface area contributed by atoms with Gasteiger partial charge in [0.05, 0.1) is 15.5 Å². The third kappa shape index (κ3) is 4.05. The third-order valence-corrected chi connectivity index (χ3v) is 4.95. The summed E-state index contributed by atoms with van der Waals surface area (Å²) >= 11 is 6.14. The molecule has 0 unspecified atom stereocenters. The summed E-state index contributed by atoms with van der Waals surface area (Å²) in [6, 6.07) is 8.92. The van der Waals surface area contributed by atoms with Gasteiger partial charge in [0.1, 0.15) is 19.8 Å². The van der Waals surface area contributed by atoms with Crippen LogP contribution in [0.2, 0.25) is 5.02 Å². The van der Waals surface area contributed by atoms with Crippen molar-refractivity contribution in [2.45, 2.75) is 11.5 Å². The molecule has 8 heteroatoms. The number of carbonyl (C=O) groups is 1. The molecule has 0 radical (unpaired) electrons. The molecule has 0 N–H and O–H groups in total. The molecule has 1 aliphatic rings. The van der Waals surface area contributed by atoms with Crippen LogP contribution in [0.15, 0.2) is 41.3 Å². The summed E-state index contributed by atoms with van der Waals surface area (Å²) in [7, 11) is -3.31. The molecule has 0 saturated heterocycles. The van der Waals surface area contributed by atoms with Gasteiger partial charge in [-0.05, 0) is 42.0 Å². The molecule has 132 valence electrons. The topological polar surface area (TPSA) is 78.9 Å². The highest BCUT2D eigenvalue weighted by Crippen LogP contribution is 2.38. The molecule has 0 spiro atoms. The molecule has 0 atom stereocenters. The zero-order valence-corrected chi connectivity index (χ0v) is 14.9. The van der Waals surface area contributed by atoms with E-state index in [0.29, 0.717) is 35.3 Å². The Labute approximate surface area is 150 Å². The van der Waals surface area contributed by atoms with Crippen LogP contribution in [0.4, 0.5) is 0 Å². The van der Waals surface area contributed by atoms with Gasteiger partial charge in [-0.2, -0.15) is 0 Å². The standard InChI is InChI=1S/C17H15ClO6S/c1-25(20,21)13-4-2-12(3-5-13)17(19)24-10-11-8-14(18)16-15(9-11)22-6-7-23-16/h2-5,8-9H,6-7,10H2,1H3. The van der Waals surface area contributed by atoms with Gasteiger partial charge in [0.2, 0.25) is 0 Å². The largest absolute Gasteiger partial charge is 0.486 e. The van der Waals surface area contributed by atoms with E-state index in [2.05, 4.69) is 0 Å². The van der Waals surface area contributed by atoms with Gasteiger partial charge in [0, 0.05) is 6.26 Å². The van der Waals surface area contributed by atoms with E-state index in [1.54, 1.807) is 12.1 Å². The van der Waals surface area contributed by atoms with Gasteiger partial charge in [-0.3, -0.25) is 0 Å². The van der Waals surface area contributed by atoms with Crippen LogP contribution in [0.25, 0.3) is 0 Å². The first kappa shape index (κ1) is 17.6. The molecule has 1 heterocycles. The first-order chi connectivity index (χ1) is 11.8. The maximum absolute atomic E-state index is 12.1. The van der Waals surface area contributed by atoms with Gasteiger partial charge >= 0.3 is 5.97 Å². The first-order valence-corrected chi connectivity index (χ1v) is 9.67. The molecular weight excluding hydrogens is 368 g/mol. The van der Waals surface area contributed by atoms with E-state index in [1.165, 1.54) is 24.3 Å². The summed E-state index contributed by atoms with van der Waals surface area (Å²) in [6.45, 7) is 0.868. The second kappa shape index (κ2) is 6.93. The molecular formula is C17H15ClO6S. The van der Waals surface area contributed by atoms with Crippen LogP contribution in [0, 0.1) is 0 Å². The molecule has 2 aromatic rings. The van der Waals surface area contributed by atoms with E-state index in [4.69, 9.17) is 25.8 Å². The Morgan fingerprint density at radius 3 is 2.52 bits per heavy atom. The van der Waals surface area contributed by atoms with Gasteiger partial charge in [0.15, 0.2) is 21.3 Å². The number of halogens is 1. The predicted molar refractivity (Wildman–Crippen MR) is 91.1 cm³/mol. The van der Waals surface area contributed by atoms with Crippen LogP contribution in [0.5, 0.6) is 11.5 Å². The summed E-state index contributed by atoms with van der Waals surface area (Å²) in [5, 5.41) is 0.390. The number of fused-ring (bicyclic) bond motifs is 1. The quantitative estimate of drug-likeness (QED) is 0.756. The summed E-state index contributed by atoms with van der Waals surface area (Å²) in [5.41, 5.74) is 0.923. The highest BCUT2D eigenvalue weighted by atomic mass is 35.5. The van der Waals surface area contributed by atoms with Crippen LogP contribution >= 0.6 is 11.6 Å². The number of sulfone groups is 1. The number of rotatable bonds is 4. The van der Waals surface area contributed by atoms with Gasteiger partial charge in [0.25, 0.3) is 0 Å². The van der Waals surface area contributed by atoms with Crippen molar-refractivity contribution in [3.8, 4) is 11.5 Å². The lowest BCUT2D eigenvalue weighted by Gasteiger charge is -2.20. The molecule has 1 aliphatic heterocycles. The smallest absolute Gasteiger partial charge is 0.338 e. The van der Waals surface area contributed by atoms with Crippen molar-refractivity contribution in [3.05, 3.63) is 52.5 Å². The van der Waals surface area contributed by atoms with Crippen molar-refractivity contribution in [1.82, 2.24) is 0 Å². The fraction of sp³-hybridized carbons (Fsp3) is 0.235. The van der Waals surface area contributed by atoms with E-state index in [9.17, 15) is 13.2 Å². The van der Waals surface area contributed by atoms with Crippen molar-refractivity contribution in [2.75, 3.05) is 19.5 Å². The monoisotopic (exact) mass is 382 g/mol. The van der Waals surface area contributed by atoms with Crippen molar-refractivity contribution < 1.29 is 27.4 Å². The van der Waals surface area contributed by atoms with E-state index in [1.807, 2.05) is 0 Å². The minimum atomic E-state index is -3.31. The summed E-state index contributed by atoms with van der Waals surface area (Å²) < 4.78 is 39.0. The van der Waals surface area contributed by atoms with E-state index in [-0.39, 0.29) is 17.1 Å². The normalized spacial score (nSPS) is 13.4. The maximum atomic E-state index is 12.1. The lowest BCUT2D eigenvalue weighted by Crippen LogP contribution is -2.16. The van der Waals surface area contributed by atoms with Gasteiger partial charge in [-0.15, -0.1) is 0 Å². The molecule has 25 heavy (non-hydrogen) atoms. The number of hydrogen-bond donors (Lipinski definition) is 0. The maximum Gasteiger partial charge on any atom is 0.338 e. The Kier molecular flexibility index (Phi) is 4.87. The number of esters is 1. The highest BCUT2D eigenvalue weighted by molar-refractivity contribution is 7.90. The molecule has 3 rings (SSSR count). The van der Waals surface area contributed by atoms with E-state index in [0.717, 1.165) is 6.26 Å². The lowest BCUT2D eigenvalue weighted by atomic mass is 10.2. The Morgan fingerprint density at radius 2 is 1.84 bits per heavy atom. The van der Waals surface area contributed by atoms with Gasteiger partial charge in [-0.25, -0.2) is 13.2 Å². The molecule has 0 fully saturated rings. The van der Waals surface area contributed by atoms with Crippen molar-refractivity contribution in [1.29, 1.82) is 0 Å². The van der Waals surface area contributed by atoms with Crippen LogP contribution in [-0.2, 0) is 21.2 Å². The Hall–Kier alpha value is -2.25. The number of carbonyl (C=O) groups excluding carboxylic acids is 1. The average molecular weight is 383 g/mol. The zero-order valence-electron chi connectivity index (χ0n) is 13.3. The van der Waals surface area contributed by atoms with Crippen LogP contribution in [0.3, 0.4) is 0 Å². The molecule has 0 aliphatic carbocycles. The Balaban J connectivity index is 1.69.